The second-order valence-electron chi connectivity index (χ2n) is 5.68. The Kier molecular flexibility index (Phi) is 3.90. The highest BCUT2D eigenvalue weighted by molar-refractivity contribution is 7.09. The summed E-state index contributed by atoms with van der Waals surface area (Å²) in [7, 11) is 2.07. The van der Waals surface area contributed by atoms with Crippen molar-refractivity contribution in [3.8, 4) is 0 Å². The Morgan fingerprint density at radius 3 is 2.78 bits per heavy atom. The van der Waals surface area contributed by atoms with Gasteiger partial charge in [0.25, 0.3) is 0 Å². The molecule has 0 amide bonds. The lowest BCUT2D eigenvalue weighted by atomic mass is 9.93. The smallest absolute Gasteiger partial charge is 0.193 e. The van der Waals surface area contributed by atoms with Crippen LogP contribution in [0.5, 0.6) is 0 Å². The lowest BCUT2D eigenvalue weighted by Crippen LogP contribution is -2.36. The predicted octanol–water partition coefficient (Wildman–Crippen LogP) is 1.87. The van der Waals surface area contributed by atoms with E-state index in [1.165, 1.54) is 10.7 Å². The van der Waals surface area contributed by atoms with Crippen molar-refractivity contribution < 1.29 is 0 Å². The van der Waals surface area contributed by atoms with E-state index in [0.29, 0.717) is 0 Å². The van der Waals surface area contributed by atoms with Gasteiger partial charge >= 0.3 is 0 Å². The zero-order chi connectivity index (χ0) is 13.2. The molecule has 0 aromatic carbocycles. The molecule has 1 aromatic heterocycles. The summed E-state index contributed by atoms with van der Waals surface area (Å²) in [5, 5.41) is 6.75. The molecule has 0 fully saturated rings. The lowest BCUT2D eigenvalue weighted by molar-refractivity contribution is 0.534. The van der Waals surface area contributed by atoms with Gasteiger partial charge in [-0.25, -0.2) is 4.98 Å². The van der Waals surface area contributed by atoms with Gasteiger partial charge in [-0.3, -0.25) is 4.99 Å². The molecular weight excluding hydrogens is 244 g/mol. The Morgan fingerprint density at radius 2 is 2.22 bits per heavy atom. The molecule has 4 nitrogen and oxygen atoms in total. The van der Waals surface area contributed by atoms with Crippen molar-refractivity contribution >= 4 is 17.3 Å². The van der Waals surface area contributed by atoms with Gasteiger partial charge in [0, 0.05) is 37.4 Å². The van der Waals surface area contributed by atoms with Crippen molar-refractivity contribution in [1.82, 2.24) is 15.2 Å². The molecule has 100 valence electrons. The van der Waals surface area contributed by atoms with Crippen LogP contribution in [0.2, 0.25) is 0 Å². The van der Waals surface area contributed by atoms with E-state index in [1.807, 2.05) is 0 Å². The fraction of sp³-hybridized carbons (Fsp3) is 0.692. The standard InChI is InChI=1S/C13H22N4S/c1-13(2,3)10-9-18-11(16-10)5-6-14-12-15-7-8-17(12)4/h9H,5-8H2,1-4H3,(H,14,15). The second-order valence-corrected chi connectivity index (χ2v) is 6.62. The third-order valence-corrected chi connectivity index (χ3v) is 3.91. The number of hydrogen-bond donors (Lipinski definition) is 1. The minimum Gasteiger partial charge on any atom is -0.356 e. The molecule has 0 radical (unpaired) electrons. The Morgan fingerprint density at radius 1 is 1.44 bits per heavy atom. The Hall–Kier alpha value is -1.10. The third kappa shape index (κ3) is 3.22. The number of guanidine groups is 1. The molecule has 0 atom stereocenters. The molecule has 1 aromatic rings. The first kappa shape index (κ1) is 13.3. The lowest BCUT2D eigenvalue weighted by Gasteiger charge is -2.15. The average Bonchev–Trinajstić information content (AvgIpc) is 2.88. The van der Waals surface area contributed by atoms with Crippen LogP contribution >= 0.6 is 11.3 Å². The van der Waals surface area contributed by atoms with Crippen molar-refractivity contribution in [2.24, 2.45) is 4.99 Å². The molecule has 1 N–H and O–H groups in total. The van der Waals surface area contributed by atoms with E-state index in [0.717, 1.165) is 32.0 Å². The second kappa shape index (κ2) is 5.26. The third-order valence-electron chi connectivity index (χ3n) is 3.00. The number of nitrogens with zero attached hydrogens (tertiary/aromatic N) is 3. The first-order valence-corrected chi connectivity index (χ1v) is 7.29. The molecule has 0 aliphatic carbocycles. The fourth-order valence-corrected chi connectivity index (χ4v) is 2.80. The van der Waals surface area contributed by atoms with Gasteiger partial charge in [-0.05, 0) is 0 Å². The molecule has 5 heteroatoms. The van der Waals surface area contributed by atoms with Crippen molar-refractivity contribution in [3.63, 3.8) is 0 Å². The molecular formula is C13H22N4S. The SMILES string of the molecule is CN1CCN=C1NCCc1nc(C(C)(C)C)cs1. The van der Waals surface area contributed by atoms with Gasteiger partial charge in [-0.1, -0.05) is 20.8 Å². The number of aliphatic imine (C=N–C) groups is 1. The van der Waals surface area contributed by atoms with Gasteiger partial charge in [0.2, 0.25) is 0 Å². The van der Waals surface area contributed by atoms with Crippen LogP contribution in [0.1, 0.15) is 31.5 Å². The molecule has 2 heterocycles. The maximum atomic E-state index is 4.69. The van der Waals surface area contributed by atoms with Crippen LogP contribution in [0.4, 0.5) is 0 Å². The first-order chi connectivity index (χ1) is 8.47. The summed E-state index contributed by atoms with van der Waals surface area (Å²) >= 11 is 1.76. The highest BCUT2D eigenvalue weighted by atomic mass is 32.1. The summed E-state index contributed by atoms with van der Waals surface area (Å²) in [5.74, 6) is 1.02. The molecule has 0 saturated carbocycles. The van der Waals surface area contributed by atoms with Crippen molar-refractivity contribution in [1.29, 1.82) is 0 Å². The van der Waals surface area contributed by atoms with Gasteiger partial charge in [0.1, 0.15) is 0 Å². The molecule has 0 unspecified atom stereocenters. The largest absolute Gasteiger partial charge is 0.356 e. The summed E-state index contributed by atoms with van der Waals surface area (Å²) in [6, 6.07) is 0. The first-order valence-electron chi connectivity index (χ1n) is 6.41. The zero-order valence-electron chi connectivity index (χ0n) is 11.7. The average molecular weight is 266 g/mol. The van der Waals surface area contributed by atoms with E-state index in [1.54, 1.807) is 11.3 Å². The van der Waals surface area contributed by atoms with Crippen LogP contribution in [0, 0.1) is 0 Å². The van der Waals surface area contributed by atoms with Crippen LogP contribution in [-0.2, 0) is 11.8 Å². The fourth-order valence-electron chi connectivity index (χ4n) is 1.77. The summed E-state index contributed by atoms with van der Waals surface area (Å²) in [5.41, 5.74) is 1.34. The van der Waals surface area contributed by atoms with E-state index < -0.39 is 0 Å². The van der Waals surface area contributed by atoms with E-state index in [2.05, 4.69) is 53.4 Å². The number of rotatable bonds is 3. The minimum atomic E-state index is 0.151. The van der Waals surface area contributed by atoms with E-state index in [-0.39, 0.29) is 5.41 Å². The molecule has 0 spiro atoms. The quantitative estimate of drug-likeness (QED) is 0.908. The maximum Gasteiger partial charge on any atom is 0.193 e. The minimum absolute atomic E-state index is 0.151. The number of likely N-dealkylation sites (N-methyl/N-ethyl adjacent to an activating group) is 1. The molecule has 0 saturated heterocycles. The Balaban J connectivity index is 1.82. The summed E-state index contributed by atoms with van der Waals surface area (Å²) in [4.78, 5) is 11.3. The number of thiazole rings is 1. The van der Waals surface area contributed by atoms with Crippen LogP contribution in [-0.4, -0.2) is 42.5 Å². The topological polar surface area (TPSA) is 40.5 Å². The van der Waals surface area contributed by atoms with Crippen molar-refractivity contribution in [2.45, 2.75) is 32.6 Å². The van der Waals surface area contributed by atoms with Gasteiger partial charge < -0.3 is 10.2 Å². The van der Waals surface area contributed by atoms with E-state index >= 15 is 0 Å². The molecule has 1 aliphatic rings. The molecule has 2 rings (SSSR count). The van der Waals surface area contributed by atoms with Gasteiger partial charge in [0.05, 0.1) is 17.2 Å². The predicted molar refractivity (Wildman–Crippen MR) is 77.5 cm³/mol. The van der Waals surface area contributed by atoms with E-state index in [4.69, 9.17) is 0 Å². The maximum absolute atomic E-state index is 4.69. The highest BCUT2D eigenvalue weighted by Crippen LogP contribution is 2.23. The van der Waals surface area contributed by atoms with Crippen molar-refractivity contribution in [3.05, 3.63) is 16.1 Å². The monoisotopic (exact) mass is 266 g/mol. The summed E-state index contributed by atoms with van der Waals surface area (Å²) in [6.07, 6.45) is 0.966. The number of nitrogens with one attached hydrogen (secondary N) is 1. The van der Waals surface area contributed by atoms with Crippen LogP contribution in [0.15, 0.2) is 10.4 Å². The van der Waals surface area contributed by atoms with Gasteiger partial charge in [-0.15, -0.1) is 11.3 Å². The van der Waals surface area contributed by atoms with Gasteiger partial charge in [-0.2, -0.15) is 0 Å². The molecule has 0 bridgehead atoms. The Labute approximate surface area is 113 Å². The number of aromatic nitrogens is 1. The van der Waals surface area contributed by atoms with Crippen LogP contribution in [0.25, 0.3) is 0 Å². The summed E-state index contributed by atoms with van der Waals surface area (Å²) < 4.78 is 0. The van der Waals surface area contributed by atoms with Crippen LogP contribution in [0.3, 0.4) is 0 Å². The normalized spacial score (nSPS) is 16.0. The van der Waals surface area contributed by atoms with Crippen LogP contribution < -0.4 is 5.32 Å². The van der Waals surface area contributed by atoms with Crippen molar-refractivity contribution in [2.75, 3.05) is 26.7 Å². The summed E-state index contributed by atoms with van der Waals surface area (Å²) in [6.45, 7) is 9.43. The number of hydrogen-bond acceptors (Lipinski definition) is 5. The molecule has 18 heavy (non-hydrogen) atoms. The highest BCUT2D eigenvalue weighted by Gasteiger charge is 2.17. The molecule has 1 aliphatic heterocycles. The van der Waals surface area contributed by atoms with Gasteiger partial charge in [0.15, 0.2) is 5.96 Å². The Bertz CT molecular complexity index is 430. The van der Waals surface area contributed by atoms with E-state index in [9.17, 15) is 0 Å². The zero-order valence-corrected chi connectivity index (χ0v) is 12.5.